The molecular formula is C33H38FN5O2. The van der Waals surface area contributed by atoms with Gasteiger partial charge in [0.15, 0.2) is 0 Å². The summed E-state index contributed by atoms with van der Waals surface area (Å²) in [6.07, 6.45) is 4.07. The van der Waals surface area contributed by atoms with Gasteiger partial charge in [0.2, 0.25) is 0 Å². The highest BCUT2D eigenvalue weighted by molar-refractivity contribution is 5.96. The number of halogens is 1. The third-order valence-electron chi connectivity index (χ3n) is 9.66. The van der Waals surface area contributed by atoms with Crippen molar-refractivity contribution in [1.29, 1.82) is 0 Å². The van der Waals surface area contributed by atoms with E-state index in [9.17, 15) is 14.0 Å². The predicted octanol–water partition coefficient (Wildman–Crippen LogP) is 4.50. The number of aromatic nitrogens is 2. The van der Waals surface area contributed by atoms with E-state index in [2.05, 4.69) is 20.9 Å². The minimum absolute atomic E-state index is 0.0448. The van der Waals surface area contributed by atoms with Crippen molar-refractivity contribution < 1.29 is 14.0 Å². The monoisotopic (exact) mass is 555 g/mol. The molecule has 3 aliphatic heterocycles. The van der Waals surface area contributed by atoms with Gasteiger partial charge >= 0.3 is 0 Å². The van der Waals surface area contributed by atoms with Crippen molar-refractivity contribution in [2.75, 3.05) is 45.8 Å². The lowest BCUT2D eigenvalue weighted by Crippen LogP contribution is -2.46. The molecule has 3 aromatic rings. The van der Waals surface area contributed by atoms with E-state index in [1.54, 1.807) is 12.1 Å². The van der Waals surface area contributed by atoms with E-state index in [-0.39, 0.29) is 23.0 Å². The average molecular weight is 556 g/mol. The van der Waals surface area contributed by atoms with Crippen LogP contribution in [-0.4, -0.2) is 82.3 Å². The third kappa shape index (κ3) is 5.49. The number of nitrogens with zero attached hydrogens (tertiary/aromatic N) is 5. The molecule has 2 amide bonds. The summed E-state index contributed by atoms with van der Waals surface area (Å²) in [7, 11) is 0. The fourth-order valence-corrected chi connectivity index (χ4v) is 7.27. The van der Waals surface area contributed by atoms with Crippen LogP contribution in [0.25, 0.3) is 0 Å². The Balaban J connectivity index is 1.10. The van der Waals surface area contributed by atoms with Gasteiger partial charge in [0, 0.05) is 44.8 Å². The number of amides is 2. The molecule has 214 valence electrons. The molecule has 2 atom stereocenters. The van der Waals surface area contributed by atoms with E-state index < -0.39 is 0 Å². The Morgan fingerprint density at radius 2 is 1.51 bits per heavy atom. The van der Waals surface area contributed by atoms with Gasteiger partial charge in [0.1, 0.15) is 12.1 Å². The molecule has 2 unspecified atom stereocenters. The van der Waals surface area contributed by atoms with Gasteiger partial charge in [-0.2, -0.15) is 0 Å². The Kier molecular flexibility index (Phi) is 7.60. The number of fused-ring (bicyclic) bond motifs is 1. The molecule has 0 N–H and O–H groups in total. The summed E-state index contributed by atoms with van der Waals surface area (Å²) in [5.41, 5.74) is 3.69. The van der Waals surface area contributed by atoms with Crippen LogP contribution in [0.5, 0.6) is 0 Å². The summed E-state index contributed by atoms with van der Waals surface area (Å²) in [6.45, 7) is 9.45. The molecule has 0 saturated carbocycles. The van der Waals surface area contributed by atoms with E-state index in [0.717, 1.165) is 68.9 Å². The number of carbonyl (C=O) groups is 2. The van der Waals surface area contributed by atoms with Crippen LogP contribution < -0.4 is 0 Å². The lowest BCUT2D eigenvalue weighted by molar-refractivity contribution is 0.0649. The first kappa shape index (κ1) is 27.5. The minimum atomic E-state index is -0.209. The van der Waals surface area contributed by atoms with Gasteiger partial charge in [-0.05, 0) is 86.7 Å². The number of hydrogen-bond donors (Lipinski definition) is 0. The second-order valence-electron chi connectivity index (χ2n) is 12.1. The lowest BCUT2D eigenvalue weighted by Gasteiger charge is -2.43. The van der Waals surface area contributed by atoms with Crippen molar-refractivity contribution in [1.82, 2.24) is 24.7 Å². The van der Waals surface area contributed by atoms with E-state index in [1.807, 2.05) is 54.0 Å². The Bertz CT molecular complexity index is 1390. The number of aryl methyl sites for hydroxylation is 2. The van der Waals surface area contributed by atoms with Crippen LogP contribution in [0.15, 0.2) is 60.9 Å². The number of rotatable bonds is 6. The maximum absolute atomic E-state index is 14.4. The van der Waals surface area contributed by atoms with Crippen molar-refractivity contribution in [2.24, 2.45) is 11.8 Å². The second-order valence-corrected chi connectivity index (χ2v) is 12.1. The summed E-state index contributed by atoms with van der Waals surface area (Å²) in [4.78, 5) is 41.3. The molecule has 0 radical (unpaired) electrons. The minimum Gasteiger partial charge on any atom is -0.339 e. The van der Waals surface area contributed by atoms with Crippen LogP contribution in [-0.2, 0) is 5.41 Å². The first-order valence-corrected chi connectivity index (χ1v) is 14.7. The Labute approximate surface area is 241 Å². The summed E-state index contributed by atoms with van der Waals surface area (Å²) in [6, 6.07) is 16.5. The molecule has 41 heavy (non-hydrogen) atoms. The molecule has 1 aromatic heterocycles. The number of likely N-dealkylation sites (tertiary alicyclic amines) is 3. The first-order chi connectivity index (χ1) is 19.8. The van der Waals surface area contributed by atoms with Crippen molar-refractivity contribution in [3.8, 4) is 0 Å². The van der Waals surface area contributed by atoms with Gasteiger partial charge < -0.3 is 14.7 Å². The van der Waals surface area contributed by atoms with Gasteiger partial charge in [0.05, 0.1) is 17.0 Å². The fraction of sp³-hybridized carbons (Fsp3) is 0.455. The average Bonchev–Trinajstić information content (AvgIpc) is 3.56. The summed E-state index contributed by atoms with van der Waals surface area (Å²) in [5.74, 6) is 0.819. The summed E-state index contributed by atoms with van der Waals surface area (Å²) < 4.78 is 14.4. The molecular weight excluding hydrogens is 517 g/mol. The molecule has 0 aliphatic carbocycles. The second kappa shape index (κ2) is 11.3. The molecule has 6 rings (SSSR count). The highest BCUT2D eigenvalue weighted by Crippen LogP contribution is 2.41. The molecule has 3 saturated heterocycles. The molecule has 4 heterocycles. The molecule has 2 aromatic carbocycles. The fourth-order valence-electron chi connectivity index (χ4n) is 7.27. The third-order valence-corrected chi connectivity index (χ3v) is 9.66. The summed E-state index contributed by atoms with van der Waals surface area (Å²) in [5, 5.41) is 0. The molecule has 3 fully saturated rings. The van der Waals surface area contributed by atoms with Gasteiger partial charge in [0.25, 0.3) is 11.8 Å². The normalized spacial score (nSPS) is 22.1. The zero-order chi connectivity index (χ0) is 28.6. The van der Waals surface area contributed by atoms with Crippen LogP contribution in [0.1, 0.15) is 56.9 Å². The predicted molar refractivity (Wildman–Crippen MR) is 155 cm³/mol. The van der Waals surface area contributed by atoms with Gasteiger partial charge in [-0.15, -0.1) is 0 Å². The van der Waals surface area contributed by atoms with E-state index in [1.165, 1.54) is 12.4 Å². The highest BCUT2D eigenvalue weighted by Gasteiger charge is 2.44. The van der Waals surface area contributed by atoms with Crippen LogP contribution in [0, 0.1) is 31.5 Å². The van der Waals surface area contributed by atoms with Crippen LogP contribution in [0.3, 0.4) is 0 Å². The molecule has 7 nitrogen and oxygen atoms in total. The largest absolute Gasteiger partial charge is 0.339 e. The highest BCUT2D eigenvalue weighted by atomic mass is 19.1. The molecule has 0 bridgehead atoms. The van der Waals surface area contributed by atoms with Crippen molar-refractivity contribution in [2.45, 2.75) is 38.5 Å². The summed E-state index contributed by atoms with van der Waals surface area (Å²) >= 11 is 0. The number of hydrogen-bond acceptors (Lipinski definition) is 5. The van der Waals surface area contributed by atoms with Gasteiger partial charge in [-0.25, -0.2) is 14.4 Å². The SMILES string of the molecule is Cc1ncnc(C)c1C(=O)N1CC2CN(CCC3(c4cccc(F)c4)CCN(C(=O)c4ccccc4)CC3)CC2C1. The number of benzene rings is 2. The molecule has 8 heteroatoms. The van der Waals surface area contributed by atoms with Crippen LogP contribution in [0.2, 0.25) is 0 Å². The first-order valence-electron chi connectivity index (χ1n) is 14.7. The Morgan fingerprint density at radius 1 is 0.854 bits per heavy atom. The molecule has 0 spiro atoms. The lowest BCUT2D eigenvalue weighted by atomic mass is 9.70. The number of carbonyl (C=O) groups excluding carboxylic acids is 2. The maximum atomic E-state index is 14.4. The zero-order valence-electron chi connectivity index (χ0n) is 23.9. The van der Waals surface area contributed by atoms with E-state index in [0.29, 0.717) is 36.1 Å². The molecule has 3 aliphatic rings. The number of piperidine rings is 1. The Hall–Kier alpha value is -3.65. The quantitative estimate of drug-likeness (QED) is 0.448. The van der Waals surface area contributed by atoms with Crippen LogP contribution in [0.4, 0.5) is 4.39 Å². The van der Waals surface area contributed by atoms with Gasteiger partial charge in [-0.1, -0.05) is 30.3 Å². The standard InChI is InChI=1S/C33H38FN5O2/c1-23-30(24(2)36-22-35-23)32(41)39-20-26-18-37(19-27(26)21-39)14-11-33(28-9-6-10-29(34)17-28)12-15-38(16-13-33)31(40)25-7-4-3-5-8-25/h3-10,17,22,26-27H,11-16,18-21H2,1-2H3. The van der Waals surface area contributed by atoms with E-state index >= 15 is 0 Å². The van der Waals surface area contributed by atoms with Crippen molar-refractivity contribution >= 4 is 11.8 Å². The maximum Gasteiger partial charge on any atom is 0.257 e. The smallest absolute Gasteiger partial charge is 0.257 e. The van der Waals surface area contributed by atoms with Gasteiger partial charge in [-0.3, -0.25) is 9.59 Å². The zero-order valence-corrected chi connectivity index (χ0v) is 23.9. The Morgan fingerprint density at radius 3 is 2.15 bits per heavy atom. The van der Waals surface area contributed by atoms with Crippen molar-refractivity contribution in [3.63, 3.8) is 0 Å². The van der Waals surface area contributed by atoms with E-state index in [4.69, 9.17) is 0 Å². The van der Waals surface area contributed by atoms with Crippen molar-refractivity contribution in [3.05, 3.63) is 94.8 Å². The van der Waals surface area contributed by atoms with Crippen LogP contribution >= 0.6 is 0 Å². The topological polar surface area (TPSA) is 69.6 Å².